The molecular weight excluding hydrogens is 332 g/mol. The second-order valence-electron chi connectivity index (χ2n) is 3.76. The summed E-state index contributed by atoms with van der Waals surface area (Å²) in [5.41, 5.74) is 0. The highest BCUT2D eigenvalue weighted by Gasteiger charge is 2.31. The van der Waals surface area contributed by atoms with Gasteiger partial charge in [0.2, 0.25) is 5.83 Å². The van der Waals surface area contributed by atoms with Gasteiger partial charge in [-0.25, -0.2) is 13.2 Å². The van der Waals surface area contributed by atoms with E-state index in [9.17, 15) is 30.8 Å². The third-order valence-electron chi connectivity index (χ3n) is 2.16. The number of halogens is 4. The molecule has 5 nitrogen and oxygen atoms in total. The first-order chi connectivity index (χ1) is 10.1. The molecule has 0 aliphatic rings. The van der Waals surface area contributed by atoms with Crippen molar-refractivity contribution in [3.63, 3.8) is 0 Å². The number of esters is 1. The molecule has 0 aromatic rings. The summed E-state index contributed by atoms with van der Waals surface area (Å²) < 4.78 is 83.7. The smallest absolute Gasteiger partial charge is 0.311 e. The maximum atomic E-state index is 13.8. The van der Waals surface area contributed by atoms with E-state index in [1.165, 1.54) is 0 Å². The molecule has 0 spiro atoms. The van der Waals surface area contributed by atoms with Crippen LogP contribution in [0.15, 0.2) is 34.7 Å². The van der Waals surface area contributed by atoms with Gasteiger partial charge in [0.25, 0.3) is 0 Å². The maximum Gasteiger partial charge on any atom is 0.311 e. The van der Waals surface area contributed by atoms with Gasteiger partial charge in [0, 0.05) is 6.42 Å². The van der Waals surface area contributed by atoms with Crippen LogP contribution >= 0.6 is 0 Å². The number of alkyl halides is 1. The van der Waals surface area contributed by atoms with Crippen LogP contribution in [-0.4, -0.2) is 28.2 Å². The average Bonchev–Trinajstić information content (AvgIpc) is 2.45. The molecule has 0 aliphatic heterocycles. The molecule has 0 fully saturated rings. The lowest BCUT2D eigenvalue weighted by molar-refractivity contribution is -0.139. The molecule has 22 heavy (non-hydrogen) atoms. The summed E-state index contributed by atoms with van der Waals surface area (Å²) in [6, 6.07) is 0. The van der Waals surface area contributed by atoms with Crippen LogP contribution in [0.5, 0.6) is 0 Å². The summed E-state index contributed by atoms with van der Waals surface area (Å²) in [7, 11) is -4.53. The van der Waals surface area contributed by atoms with Crippen molar-refractivity contribution >= 4 is 16.1 Å². The van der Waals surface area contributed by atoms with Crippen molar-refractivity contribution in [1.29, 1.82) is 0 Å². The molecule has 0 unspecified atom stereocenters. The molecule has 0 saturated heterocycles. The molecule has 0 atom stereocenters. The van der Waals surface area contributed by atoms with Crippen molar-refractivity contribution in [3.05, 3.63) is 34.7 Å². The Morgan fingerprint density at radius 1 is 1.18 bits per heavy atom. The molecular formula is C12H14F4O5S. The fourth-order valence-corrected chi connectivity index (χ4v) is 1.97. The molecule has 0 saturated carbocycles. The fourth-order valence-electron chi connectivity index (χ4n) is 1.17. The molecule has 0 bridgehead atoms. The summed E-state index contributed by atoms with van der Waals surface area (Å²) in [6.45, 7) is 2.48. The van der Waals surface area contributed by atoms with E-state index in [-0.39, 0.29) is 6.42 Å². The average molecular weight is 346 g/mol. The van der Waals surface area contributed by atoms with Gasteiger partial charge in [0.15, 0.2) is 22.3 Å². The number of carbonyl (C=O) groups excluding carboxylic acids is 1. The second kappa shape index (κ2) is 8.69. The highest BCUT2D eigenvalue weighted by molar-refractivity contribution is 7.91. The molecule has 0 radical (unpaired) electrons. The highest BCUT2D eigenvalue weighted by Crippen LogP contribution is 2.31. The predicted molar refractivity (Wildman–Crippen MR) is 69.4 cm³/mol. The SMILES string of the molecule is C=C(OC(=O)CCC)/C(F)=C(F)\C(=C(\F)CF)S(=O)(=O)OC. The summed E-state index contributed by atoms with van der Waals surface area (Å²) >= 11 is 0. The van der Waals surface area contributed by atoms with Gasteiger partial charge in [-0.2, -0.15) is 12.8 Å². The largest absolute Gasteiger partial charge is 0.424 e. The van der Waals surface area contributed by atoms with Crippen LogP contribution in [0.1, 0.15) is 19.8 Å². The number of ether oxygens (including phenoxy) is 1. The monoisotopic (exact) mass is 346 g/mol. The zero-order valence-corrected chi connectivity index (χ0v) is 12.6. The summed E-state index contributed by atoms with van der Waals surface area (Å²) in [5, 5.41) is 0. The van der Waals surface area contributed by atoms with Gasteiger partial charge in [-0.05, 0) is 6.42 Å². The lowest BCUT2D eigenvalue weighted by Gasteiger charge is -2.09. The minimum Gasteiger partial charge on any atom is -0.424 e. The quantitative estimate of drug-likeness (QED) is 0.222. The van der Waals surface area contributed by atoms with Crippen LogP contribution in [0.25, 0.3) is 0 Å². The Hall–Kier alpha value is -1.68. The first-order valence-electron chi connectivity index (χ1n) is 5.83. The predicted octanol–water partition coefficient (Wildman–Crippen LogP) is 3.12. The van der Waals surface area contributed by atoms with Crippen LogP contribution < -0.4 is 0 Å². The fraction of sp³-hybridized carbons (Fsp3) is 0.417. The summed E-state index contributed by atoms with van der Waals surface area (Å²) in [6.07, 6.45) is 0.214. The standard InChI is InChI=1S/C12H14F4O5S/c1-4-5-9(17)21-7(2)10(15)11(16)12(8(14)6-13)22(18,19)20-3/h2,4-6H2,1,3H3/b11-10-,12-8-. The zero-order valence-electron chi connectivity index (χ0n) is 11.8. The normalized spacial score (nSPS) is 14.1. The van der Waals surface area contributed by atoms with Crippen LogP contribution in [0.4, 0.5) is 17.6 Å². The van der Waals surface area contributed by atoms with E-state index in [0.717, 1.165) is 0 Å². The number of allylic oxidation sites excluding steroid dienone is 3. The molecule has 0 heterocycles. The van der Waals surface area contributed by atoms with Crippen molar-refractivity contribution < 1.29 is 39.7 Å². The van der Waals surface area contributed by atoms with Crippen molar-refractivity contribution in [3.8, 4) is 0 Å². The Morgan fingerprint density at radius 3 is 2.14 bits per heavy atom. The zero-order chi connectivity index (χ0) is 17.5. The van der Waals surface area contributed by atoms with E-state index in [2.05, 4.69) is 15.5 Å². The van der Waals surface area contributed by atoms with Crippen molar-refractivity contribution in [1.82, 2.24) is 0 Å². The molecule has 0 aliphatic carbocycles. The number of rotatable bonds is 8. The van der Waals surface area contributed by atoms with Gasteiger partial charge < -0.3 is 4.74 Å². The minimum atomic E-state index is -5.08. The lowest BCUT2D eigenvalue weighted by Crippen LogP contribution is -2.11. The third kappa shape index (κ3) is 5.26. The highest BCUT2D eigenvalue weighted by atomic mass is 32.2. The molecule has 0 N–H and O–H groups in total. The van der Waals surface area contributed by atoms with Gasteiger partial charge in [0.05, 0.1) is 7.11 Å². The first-order valence-corrected chi connectivity index (χ1v) is 7.23. The van der Waals surface area contributed by atoms with E-state index in [1.807, 2.05) is 0 Å². The van der Waals surface area contributed by atoms with E-state index < -0.39 is 50.9 Å². The van der Waals surface area contributed by atoms with E-state index in [1.54, 1.807) is 6.92 Å². The number of hydrogen-bond acceptors (Lipinski definition) is 5. The topological polar surface area (TPSA) is 69.7 Å². The van der Waals surface area contributed by atoms with Crippen LogP contribution in [0.3, 0.4) is 0 Å². The van der Waals surface area contributed by atoms with Crippen LogP contribution in [0.2, 0.25) is 0 Å². The Kier molecular flexibility index (Phi) is 8.02. The van der Waals surface area contributed by atoms with Gasteiger partial charge >= 0.3 is 16.1 Å². The molecule has 0 rings (SSSR count). The number of carbonyl (C=O) groups is 1. The molecule has 10 heteroatoms. The Morgan fingerprint density at radius 2 is 1.73 bits per heavy atom. The Balaban J connectivity index is 5.78. The van der Waals surface area contributed by atoms with Crippen molar-refractivity contribution in [2.24, 2.45) is 0 Å². The van der Waals surface area contributed by atoms with Gasteiger partial charge in [-0.3, -0.25) is 8.98 Å². The van der Waals surface area contributed by atoms with Crippen LogP contribution in [0, 0.1) is 0 Å². The first kappa shape index (κ1) is 20.3. The van der Waals surface area contributed by atoms with Crippen LogP contribution in [-0.2, 0) is 23.8 Å². The Labute approximate surface area is 125 Å². The van der Waals surface area contributed by atoms with E-state index in [0.29, 0.717) is 13.5 Å². The van der Waals surface area contributed by atoms with E-state index >= 15 is 0 Å². The summed E-state index contributed by atoms with van der Waals surface area (Å²) in [5.74, 6) is -8.62. The van der Waals surface area contributed by atoms with Gasteiger partial charge in [0.1, 0.15) is 6.67 Å². The molecule has 0 aromatic carbocycles. The molecule has 126 valence electrons. The van der Waals surface area contributed by atoms with Gasteiger partial charge in [-0.15, -0.1) is 0 Å². The second-order valence-corrected chi connectivity index (χ2v) is 5.41. The molecule has 0 aromatic heterocycles. The number of hydrogen-bond donors (Lipinski definition) is 0. The lowest BCUT2D eigenvalue weighted by atomic mass is 10.3. The summed E-state index contributed by atoms with van der Waals surface area (Å²) in [4.78, 5) is 9.14. The minimum absolute atomic E-state index is 0.133. The third-order valence-corrected chi connectivity index (χ3v) is 3.50. The van der Waals surface area contributed by atoms with Gasteiger partial charge in [-0.1, -0.05) is 13.5 Å². The molecule has 0 amide bonds. The van der Waals surface area contributed by atoms with E-state index in [4.69, 9.17) is 0 Å². The van der Waals surface area contributed by atoms with Crippen molar-refractivity contribution in [2.45, 2.75) is 19.8 Å². The van der Waals surface area contributed by atoms with Crippen molar-refractivity contribution in [2.75, 3.05) is 13.8 Å². The Bertz CT molecular complexity index is 607. The maximum absolute atomic E-state index is 13.8.